The molecule has 0 unspecified atom stereocenters. The molecule has 0 aliphatic carbocycles. The van der Waals surface area contributed by atoms with Crippen LogP contribution in [0.4, 0.5) is 4.79 Å². The van der Waals surface area contributed by atoms with Crippen LogP contribution in [0.15, 0.2) is 72.8 Å². The van der Waals surface area contributed by atoms with Crippen molar-refractivity contribution in [3.63, 3.8) is 0 Å². The number of nitrogens with zero attached hydrogens (tertiary/aromatic N) is 1. The third kappa shape index (κ3) is 9.64. The van der Waals surface area contributed by atoms with E-state index in [1.54, 1.807) is 6.92 Å². The van der Waals surface area contributed by atoms with Crippen molar-refractivity contribution in [2.75, 3.05) is 32.8 Å². The molecule has 2 aliphatic heterocycles. The highest BCUT2D eigenvalue weighted by atomic mass is 16.7. The van der Waals surface area contributed by atoms with Gasteiger partial charge in [-0.3, -0.25) is 4.79 Å². The van der Waals surface area contributed by atoms with Crippen LogP contribution in [-0.4, -0.2) is 60.9 Å². The van der Waals surface area contributed by atoms with Gasteiger partial charge < -0.3 is 34.9 Å². The standard InChI is InChI=1S/C38H49N3O6/c1-3-45-35(43)24-40-38(44)39-23-32-11-7-8-12-33(32)29-17-19-31(20-18-29)37-46-34(25-41-21-9-5-4-6-10-22-41)27(2)36(47-37)30-15-13-28(26-42)14-16-30/h7-8,11-20,27,34,36-37,42H,3-6,9-10,21-26H2,1-2H3,(H2,39,40,44)/t27-,34+,36+,37+/m1/s1. The molecular weight excluding hydrogens is 594 g/mol. The zero-order chi connectivity index (χ0) is 33.0. The van der Waals surface area contributed by atoms with E-state index in [1.807, 2.05) is 36.4 Å². The zero-order valence-electron chi connectivity index (χ0n) is 27.7. The molecule has 3 aromatic carbocycles. The predicted octanol–water partition coefficient (Wildman–Crippen LogP) is 6.27. The zero-order valence-corrected chi connectivity index (χ0v) is 27.7. The number of esters is 1. The molecule has 2 fully saturated rings. The quantitative estimate of drug-likeness (QED) is 0.212. The SMILES string of the molecule is CCOC(=O)CNC(=O)NCc1ccccc1-c1ccc([C@H]2O[C@@H](CN3CCCCCCC3)[C@@H](C)[C@@H](c3ccc(CO)cc3)O2)cc1. The fourth-order valence-corrected chi connectivity index (χ4v) is 6.46. The molecule has 3 N–H and O–H groups in total. The molecule has 9 nitrogen and oxygen atoms in total. The van der Waals surface area contributed by atoms with E-state index in [2.05, 4.69) is 58.9 Å². The molecule has 47 heavy (non-hydrogen) atoms. The van der Waals surface area contributed by atoms with Crippen molar-refractivity contribution in [1.29, 1.82) is 0 Å². The summed E-state index contributed by atoms with van der Waals surface area (Å²) in [5.41, 5.74) is 5.88. The summed E-state index contributed by atoms with van der Waals surface area (Å²) >= 11 is 0. The molecule has 0 spiro atoms. The van der Waals surface area contributed by atoms with Gasteiger partial charge in [0.05, 0.1) is 25.4 Å². The van der Waals surface area contributed by atoms with Crippen molar-refractivity contribution < 1.29 is 28.9 Å². The van der Waals surface area contributed by atoms with Gasteiger partial charge in [-0.2, -0.15) is 0 Å². The summed E-state index contributed by atoms with van der Waals surface area (Å²) in [7, 11) is 0. The van der Waals surface area contributed by atoms with Gasteiger partial charge in [0.1, 0.15) is 6.54 Å². The summed E-state index contributed by atoms with van der Waals surface area (Å²) < 4.78 is 18.3. The van der Waals surface area contributed by atoms with Crippen molar-refractivity contribution in [3.05, 3.63) is 95.1 Å². The Kier molecular flexibility index (Phi) is 12.8. The first-order valence-electron chi connectivity index (χ1n) is 17.0. The minimum atomic E-state index is -0.525. The van der Waals surface area contributed by atoms with Gasteiger partial charge in [-0.1, -0.05) is 99.0 Å². The number of urea groups is 1. The second-order valence-corrected chi connectivity index (χ2v) is 12.5. The highest BCUT2D eigenvalue weighted by molar-refractivity contribution is 5.81. The molecule has 2 aliphatic rings. The van der Waals surface area contributed by atoms with E-state index in [0.717, 1.165) is 53.0 Å². The first kappa shape index (κ1) is 34.6. The fourth-order valence-electron chi connectivity index (χ4n) is 6.46. The van der Waals surface area contributed by atoms with Gasteiger partial charge in [-0.25, -0.2) is 4.79 Å². The highest BCUT2D eigenvalue weighted by Gasteiger charge is 2.39. The van der Waals surface area contributed by atoms with Crippen molar-refractivity contribution in [1.82, 2.24) is 15.5 Å². The van der Waals surface area contributed by atoms with Crippen LogP contribution in [0.25, 0.3) is 11.1 Å². The lowest BCUT2D eigenvalue weighted by molar-refractivity contribution is -0.276. The Hall–Kier alpha value is -3.76. The highest BCUT2D eigenvalue weighted by Crippen LogP contribution is 2.42. The number of benzene rings is 3. The molecule has 2 saturated heterocycles. The number of rotatable bonds is 11. The van der Waals surface area contributed by atoms with Crippen LogP contribution >= 0.6 is 0 Å². The molecule has 3 aromatic rings. The summed E-state index contributed by atoms with van der Waals surface area (Å²) in [6.45, 7) is 7.42. The minimum absolute atomic E-state index is 0.00264. The van der Waals surface area contributed by atoms with Gasteiger partial charge in [0, 0.05) is 24.6 Å². The van der Waals surface area contributed by atoms with Gasteiger partial charge in [-0.05, 0) is 60.7 Å². The van der Waals surface area contributed by atoms with Crippen molar-refractivity contribution in [3.8, 4) is 11.1 Å². The summed E-state index contributed by atoms with van der Waals surface area (Å²) in [5, 5.41) is 15.0. The van der Waals surface area contributed by atoms with Gasteiger partial charge in [0.15, 0.2) is 6.29 Å². The molecule has 5 rings (SSSR count). The maximum Gasteiger partial charge on any atom is 0.325 e. The molecule has 2 heterocycles. The lowest BCUT2D eigenvalue weighted by atomic mass is 9.89. The largest absolute Gasteiger partial charge is 0.465 e. The summed E-state index contributed by atoms with van der Waals surface area (Å²) in [6, 6.07) is 23.8. The van der Waals surface area contributed by atoms with Gasteiger partial charge in [0.25, 0.3) is 0 Å². The van der Waals surface area contributed by atoms with Crippen LogP contribution in [0, 0.1) is 5.92 Å². The smallest absolute Gasteiger partial charge is 0.325 e. The average molecular weight is 644 g/mol. The Bertz CT molecular complexity index is 1420. The molecule has 0 bridgehead atoms. The van der Waals surface area contributed by atoms with Gasteiger partial charge in [0.2, 0.25) is 0 Å². The van der Waals surface area contributed by atoms with Gasteiger partial charge in [-0.15, -0.1) is 0 Å². The van der Waals surface area contributed by atoms with E-state index in [-0.39, 0.29) is 37.9 Å². The number of nitrogens with one attached hydrogen (secondary N) is 2. The lowest BCUT2D eigenvalue weighted by Crippen LogP contribution is -2.45. The number of hydrogen-bond acceptors (Lipinski definition) is 7. The van der Waals surface area contributed by atoms with Crippen molar-refractivity contribution >= 4 is 12.0 Å². The lowest BCUT2D eigenvalue weighted by Gasteiger charge is -2.43. The summed E-state index contributed by atoms with van der Waals surface area (Å²) in [5.74, 6) is -0.331. The van der Waals surface area contributed by atoms with Crippen LogP contribution in [0.3, 0.4) is 0 Å². The number of carbonyl (C=O) groups is 2. The number of carbonyl (C=O) groups excluding carboxylic acids is 2. The number of ether oxygens (including phenoxy) is 3. The third-order valence-corrected chi connectivity index (χ3v) is 9.16. The Labute approximate surface area is 278 Å². The molecule has 0 saturated carbocycles. The number of aliphatic hydroxyl groups is 1. The molecule has 0 aromatic heterocycles. The summed E-state index contributed by atoms with van der Waals surface area (Å²) in [6.07, 6.45) is 5.68. The van der Waals surface area contributed by atoms with E-state index >= 15 is 0 Å². The Morgan fingerprint density at radius 3 is 2.26 bits per heavy atom. The van der Waals surface area contributed by atoms with E-state index < -0.39 is 18.3 Å². The topological polar surface area (TPSA) is 109 Å². The van der Waals surface area contributed by atoms with E-state index in [4.69, 9.17) is 14.2 Å². The maximum atomic E-state index is 12.3. The molecule has 0 radical (unpaired) electrons. The van der Waals surface area contributed by atoms with Crippen LogP contribution in [-0.2, 0) is 32.2 Å². The predicted molar refractivity (Wildman–Crippen MR) is 181 cm³/mol. The Morgan fingerprint density at radius 1 is 0.872 bits per heavy atom. The van der Waals surface area contributed by atoms with Crippen LogP contribution in [0.1, 0.15) is 80.6 Å². The first-order valence-corrected chi connectivity index (χ1v) is 17.0. The van der Waals surface area contributed by atoms with E-state index in [0.29, 0.717) is 6.54 Å². The maximum absolute atomic E-state index is 12.3. The Morgan fingerprint density at radius 2 is 1.55 bits per heavy atom. The molecular formula is C38H49N3O6. The number of amides is 2. The molecule has 9 heteroatoms. The first-order chi connectivity index (χ1) is 22.9. The second kappa shape index (κ2) is 17.4. The van der Waals surface area contributed by atoms with Crippen LogP contribution in [0.5, 0.6) is 0 Å². The minimum Gasteiger partial charge on any atom is -0.465 e. The fraction of sp³-hybridized carbons (Fsp3) is 0.474. The normalized spacial score (nSPS) is 22.1. The van der Waals surface area contributed by atoms with Crippen LogP contribution < -0.4 is 10.6 Å². The Balaban J connectivity index is 1.31. The van der Waals surface area contributed by atoms with Gasteiger partial charge >= 0.3 is 12.0 Å². The van der Waals surface area contributed by atoms with Crippen molar-refractivity contribution in [2.45, 2.75) is 77.6 Å². The third-order valence-electron chi connectivity index (χ3n) is 9.16. The van der Waals surface area contributed by atoms with Crippen molar-refractivity contribution in [2.24, 2.45) is 5.92 Å². The second-order valence-electron chi connectivity index (χ2n) is 12.5. The summed E-state index contributed by atoms with van der Waals surface area (Å²) in [4.78, 5) is 26.4. The van der Waals surface area contributed by atoms with Crippen LogP contribution in [0.2, 0.25) is 0 Å². The molecule has 252 valence electrons. The average Bonchev–Trinajstić information content (AvgIpc) is 3.09. The monoisotopic (exact) mass is 643 g/mol. The number of hydrogen-bond donors (Lipinski definition) is 3. The van der Waals surface area contributed by atoms with E-state index in [1.165, 1.54) is 32.1 Å². The molecule has 2 amide bonds. The van der Waals surface area contributed by atoms with E-state index in [9.17, 15) is 14.7 Å². The number of likely N-dealkylation sites (tertiary alicyclic amines) is 1. The number of aliphatic hydroxyl groups excluding tert-OH is 1. The molecule has 4 atom stereocenters.